The Balaban J connectivity index is 2.85. The standard InChI is InChI=1S/C14H20N2O3/c1-9-5-6-11(7-12(9)14(18)19-4)16-13(17)10(2)8-15-3/h5-7,10,15H,8H2,1-4H3,(H,16,17). The predicted octanol–water partition coefficient (Wildman–Crippen LogP) is 1.58. The molecule has 19 heavy (non-hydrogen) atoms. The van der Waals surface area contributed by atoms with Crippen molar-refractivity contribution in [3.05, 3.63) is 29.3 Å². The molecule has 0 bridgehead atoms. The van der Waals surface area contributed by atoms with Crippen LogP contribution in [0.4, 0.5) is 5.69 Å². The van der Waals surface area contributed by atoms with E-state index in [1.807, 2.05) is 13.8 Å². The Kier molecular flexibility index (Phi) is 5.51. The molecule has 1 aromatic carbocycles. The number of hydrogen-bond donors (Lipinski definition) is 2. The predicted molar refractivity (Wildman–Crippen MR) is 74.2 cm³/mol. The van der Waals surface area contributed by atoms with Crippen molar-refractivity contribution in [3.8, 4) is 0 Å². The normalized spacial score (nSPS) is 11.8. The Morgan fingerprint density at radius 3 is 2.63 bits per heavy atom. The number of carbonyl (C=O) groups excluding carboxylic acids is 2. The fraction of sp³-hybridized carbons (Fsp3) is 0.429. The van der Waals surface area contributed by atoms with Gasteiger partial charge in [-0.1, -0.05) is 13.0 Å². The average molecular weight is 264 g/mol. The van der Waals surface area contributed by atoms with Gasteiger partial charge in [0.1, 0.15) is 0 Å². The lowest BCUT2D eigenvalue weighted by molar-refractivity contribution is -0.119. The van der Waals surface area contributed by atoms with Crippen LogP contribution in [0.2, 0.25) is 0 Å². The fourth-order valence-electron chi connectivity index (χ4n) is 1.69. The van der Waals surface area contributed by atoms with Gasteiger partial charge in [0.05, 0.1) is 12.7 Å². The minimum Gasteiger partial charge on any atom is -0.465 e. The molecule has 0 fully saturated rings. The van der Waals surface area contributed by atoms with Gasteiger partial charge in [-0.05, 0) is 31.7 Å². The largest absolute Gasteiger partial charge is 0.465 e. The SMILES string of the molecule is CNCC(C)C(=O)Nc1ccc(C)c(C(=O)OC)c1. The van der Waals surface area contributed by atoms with Gasteiger partial charge in [0.2, 0.25) is 5.91 Å². The molecular weight excluding hydrogens is 244 g/mol. The summed E-state index contributed by atoms with van der Waals surface area (Å²) >= 11 is 0. The van der Waals surface area contributed by atoms with Crippen LogP contribution in [-0.2, 0) is 9.53 Å². The van der Waals surface area contributed by atoms with Gasteiger partial charge in [-0.15, -0.1) is 0 Å². The van der Waals surface area contributed by atoms with Crippen LogP contribution in [0.15, 0.2) is 18.2 Å². The van der Waals surface area contributed by atoms with Crippen molar-refractivity contribution in [1.82, 2.24) is 5.32 Å². The highest BCUT2D eigenvalue weighted by Gasteiger charge is 2.14. The summed E-state index contributed by atoms with van der Waals surface area (Å²) < 4.78 is 4.70. The molecule has 0 aliphatic rings. The number of amides is 1. The van der Waals surface area contributed by atoms with Gasteiger partial charge < -0.3 is 15.4 Å². The zero-order chi connectivity index (χ0) is 14.4. The topological polar surface area (TPSA) is 67.4 Å². The average Bonchev–Trinajstić information content (AvgIpc) is 2.40. The molecule has 1 amide bonds. The maximum Gasteiger partial charge on any atom is 0.338 e. The molecular formula is C14H20N2O3. The molecule has 0 aliphatic heterocycles. The molecule has 0 saturated carbocycles. The molecule has 1 aromatic rings. The zero-order valence-electron chi connectivity index (χ0n) is 11.7. The minimum atomic E-state index is -0.406. The Bertz CT molecular complexity index is 472. The molecule has 1 rings (SSSR count). The molecule has 5 heteroatoms. The van der Waals surface area contributed by atoms with Crippen LogP contribution in [0.3, 0.4) is 0 Å². The maximum absolute atomic E-state index is 11.9. The molecule has 104 valence electrons. The van der Waals surface area contributed by atoms with E-state index in [1.165, 1.54) is 7.11 Å². The van der Waals surface area contributed by atoms with Crippen LogP contribution in [0.5, 0.6) is 0 Å². The van der Waals surface area contributed by atoms with E-state index in [9.17, 15) is 9.59 Å². The van der Waals surface area contributed by atoms with Gasteiger partial charge in [0.15, 0.2) is 0 Å². The second-order valence-corrected chi connectivity index (χ2v) is 4.47. The van der Waals surface area contributed by atoms with E-state index in [4.69, 9.17) is 4.74 Å². The lowest BCUT2D eigenvalue weighted by Crippen LogP contribution is -2.28. The second kappa shape index (κ2) is 6.89. The van der Waals surface area contributed by atoms with Gasteiger partial charge in [-0.2, -0.15) is 0 Å². The Morgan fingerprint density at radius 1 is 1.37 bits per heavy atom. The van der Waals surface area contributed by atoms with Gasteiger partial charge in [-0.25, -0.2) is 4.79 Å². The smallest absolute Gasteiger partial charge is 0.338 e. The fourth-order valence-corrected chi connectivity index (χ4v) is 1.69. The molecule has 0 aliphatic carbocycles. The Morgan fingerprint density at radius 2 is 2.05 bits per heavy atom. The van der Waals surface area contributed by atoms with Crippen LogP contribution >= 0.6 is 0 Å². The summed E-state index contributed by atoms with van der Waals surface area (Å²) in [4.78, 5) is 23.4. The van der Waals surface area contributed by atoms with Gasteiger partial charge in [-0.3, -0.25) is 4.79 Å². The molecule has 0 heterocycles. The maximum atomic E-state index is 11.9. The zero-order valence-corrected chi connectivity index (χ0v) is 11.7. The number of esters is 1. The van der Waals surface area contributed by atoms with E-state index in [0.29, 0.717) is 17.8 Å². The molecule has 0 saturated heterocycles. The number of anilines is 1. The Hall–Kier alpha value is -1.88. The first-order valence-corrected chi connectivity index (χ1v) is 6.14. The van der Waals surface area contributed by atoms with E-state index in [0.717, 1.165) is 5.56 Å². The molecule has 0 aromatic heterocycles. The third-order valence-electron chi connectivity index (χ3n) is 2.87. The third-order valence-corrected chi connectivity index (χ3v) is 2.87. The summed E-state index contributed by atoms with van der Waals surface area (Å²) in [6.45, 7) is 4.25. The van der Waals surface area contributed by atoms with Crippen LogP contribution in [0.25, 0.3) is 0 Å². The lowest BCUT2D eigenvalue weighted by atomic mass is 10.1. The summed E-state index contributed by atoms with van der Waals surface area (Å²) in [7, 11) is 3.13. The van der Waals surface area contributed by atoms with E-state index in [1.54, 1.807) is 25.2 Å². The molecule has 1 unspecified atom stereocenters. The molecule has 2 N–H and O–H groups in total. The quantitative estimate of drug-likeness (QED) is 0.792. The number of rotatable bonds is 5. The van der Waals surface area contributed by atoms with Gasteiger partial charge >= 0.3 is 5.97 Å². The lowest BCUT2D eigenvalue weighted by Gasteiger charge is -2.13. The van der Waals surface area contributed by atoms with Crippen LogP contribution in [-0.4, -0.2) is 32.6 Å². The van der Waals surface area contributed by atoms with Crippen molar-refractivity contribution < 1.29 is 14.3 Å². The van der Waals surface area contributed by atoms with E-state index < -0.39 is 5.97 Å². The number of carbonyl (C=O) groups is 2. The van der Waals surface area contributed by atoms with Crippen molar-refractivity contribution >= 4 is 17.6 Å². The molecule has 0 radical (unpaired) electrons. The first-order valence-electron chi connectivity index (χ1n) is 6.14. The van der Waals surface area contributed by atoms with Gasteiger partial charge in [0.25, 0.3) is 0 Å². The van der Waals surface area contributed by atoms with Crippen LogP contribution in [0.1, 0.15) is 22.8 Å². The first-order chi connectivity index (χ1) is 8.99. The summed E-state index contributed by atoms with van der Waals surface area (Å²) in [5, 5.41) is 5.73. The first kappa shape index (κ1) is 15.2. The van der Waals surface area contributed by atoms with E-state index >= 15 is 0 Å². The Labute approximate surface area is 113 Å². The summed E-state index contributed by atoms with van der Waals surface area (Å²) in [6.07, 6.45) is 0. The van der Waals surface area contributed by atoms with Crippen LogP contribution < -0.4 is 10.6 Å². The third kappa shape index (κ3) is 4.06. The van der Waals surface area contributed by atoms with E-state index in [-0.39, 0.29) is 11.8 Å². The number of aryl methyl sites for hydroxylation is 1. The van der Waals surface area contributed by atoms with Gasteiger partial charge in [0, 0.05) is 18.2 Å². The van der Waals surface area contributed by atoms with Crippen molar-refractivity contribution in [1.29, 1.82) is 0 Å². The summed E-state index contributed by atoms with van der Waals surface area (Å²) in [5.74, 6) is -0.640. The van der Waals surface area contributed by atoms with Crippen LogP contribution in [0, 0.1) is 12.8 Å². The second-order valence-electron chi connectivity index (χ2n) is 4.47. The highest BCUT2D eigenvalue weighted by Crippen LogP contribution is 2.17. The number of ether oxygens (including phenoxy) is 1. The highest BCUT2D eigenvalue weighted by atomic mass is 16.5. The summed E-state index contributed by atoms with van der Waals surface area (Å²) in [6, 6.07) is 5.18. The molecule has 1 atom stereocenters. The highest BCUT2D eigenvalue weighted by molar-refractivity contribution is 5.96. The van der Waals surface area contributed by atoms with Crippen molar-refractivity contribution in [2.45, 2.75) is 13.8 Å². The monoisotopic (exact) mass is 264 g/mol. The van der Waals surface area contributed by atoms with Crippen molar-refractivity contribution in [3.63, 3.8) is 0 Å². The number of hydrogen-bond acceptors (Lipinski definition) is 4. The van der Waals surface area contributed by atoms with Crippen molar-refractivity contribution in [2.24, 2.45) is 5.92 Å². The molecule has 0 spiro atoms. The summed E-state index contributed by atoms with van der Waals surface area (Å²) in [5.41, 5.74) is 1.87. The van der Waals surface area contributed by atoms with Crippen molar-refractivity contribution in [2.75, 3.05) is 26.0 Å². The van der Waals surface area contributed by atoms with E-state index in [2.05, 4.69) is 10.6 Å². The minimum absolute atomic E-state index is 0.0889. The number of methoxy groups -OCH3 is 1. The number of benzene rings is 1. The number of nitrogens with one attached hydrogen (secondary N) is 2. The molecule has 5 nitrogen and oxygen atoms in total.